The van der Waals surface area contributed by atoms with Gasteiger partial charge in [0.2, 0.25) is 0 Å². The molecule has 2 aromatic rings. The number of fused-ring (bicyclic) bond motifs is 2. The minimum absolute atomic E-state index is 0.242. The molecule has 0 unspecified atom stereocenters. The third-order valence-corrected chi connectivity index (χ3v) is 5.71. The van der Waals surface area contributed by atoms with Gasteiger partial charge in [-0.15, -0.1) is 11.3 Å². The van der Waals surface area contributed by atoms with Crippen molar-refractivity contribution >= 4 is 17.3 Å². The summed E-state index contributed by atoms with van der Waals surface area (Å²) in [5.74, 6) is 1.44. The topological polar surface area (TPSA) is 48.0 Å². The van der Waals surface area contributed by atoms with Gasteiger partial charge in [0.1, 0.15) is 4.88 Å². The largest absolute Gasteiger partial charge is 0.490 e. The Bertz CT molecular complexity index is 786. The highest BCUT2D eigenvalue weighted by Crippen LogP contribution is 2.32. The number of hydrogen-bond donors (Lipinski definition) is 0. The molecule has 0 saturated carbocycles. The number of thiophene rings is 1. The molecule has 1 aromatic heterocycles. The van der Waals surface area contributed by atoms with Crippen molar-refractivity contribution in [1.82, 2.24) is 4.90 Å². The van der Waals surface area contributed by atoms with Crippen LogP contribution in [0.5, 0.6) is 11.5 Å². The molecule has 0 atom stereocenters. The molecule has 4 rings (SSSR count). The third-order valence-electron chi connectivity index (χ3n) is 4.57. The second-order valence-electron chi connectivity index (χ2n) is 6.34. The molecule has 5 nitrogen and oxygen atoms in total. The Morgan fingerprint density at radius 1 is 1.24 bits per heavy atom. The van der Waals surface area contributed by atoms with Crippen molar-refractivity contribution in [1.29, 1.82) is 0 Å². The Morgan fingerprint density at radius 2 is 2.08 bits per heavy atom. The quantitative estimate of drug-likeness (QED) is 0.788. The van der Waals surface area contributed by atoms with Gasteiger partial charge in [-0.1, -0.05) is 6.07 Å². The van der Waals surface area contributed by atoms with Crippen molar-refractivity contribution in [2.45, 2.75) is 25.9 Å². The maximum Gasteiger partial charge on any atom is 0.348 e. The van der Waals surface area contributed by atoms with Crippen LogP contribution in [0.15, 0.2) is 24.3 Å². The van der Waals surface area contributed by atoms with E-state index in [2.05, 4.69) is 17.0 Å². The molecular formula is C19H21NO4S. The molecule has 0 spiro atoms. The first kappa shape index (κ1) is 16.4. The summed E-state index contributed by atoms with van der Waals surface area (Å²) >= 11 is 1.55. The summed E-state index contributed by atoms with van der Waals surface area (Å²) in [4.78, 5) is 16.1. The molecule has 132 valence electrons. The monoisotopic (exact) mass is 359 g/mol. The van der Waals surface area contributed by atoms with Crippen molar-refractivity contribution in [3.05, 3.63) is 45.1 Å². The highest BCUT2D eigenvalue weighted by molar-refractivity contribution is 7.14. The molecule has 0 aliphatic carbocycles. The molecule has 0 fully saturated rings. The molecule has 0 bridgehead atoms. The minimum Gasteiger partial charge on any atom is -0.490 e. The summed E-state index contributed by atoms with van der Waals surface area (Å²) < 4.78 is 16.3. The van der Waals surface area contributed by atoms with Crippen molar-refractivity contribution in [2.24, 2.45) is 0 Å². The number of carbonyl (C=O) groups excluding carboxylic acids is 1. The Balaban J connectivity index is 1.46. The molecular weight excluding hydrogens is 338 g/mol. The summed E-state index contributed by atoms with van der Waals surface area (Å²) in [5.41, 5.74) is 2.50. The standard InChI is InChI=1S/C19H21NO4S/c1-22-19(21)17-10-14-5-6-20(12-18(14)25-17)11-13-3-4-15-16(9-13)24-8-2-7-23-15/h3-4,9-10H,2,5-8,11-12H2,1H3. The van der Waals surface area contributed by atoms with E-state index < -0.39 is 0 Å². The van der Waals surface area contributed by atoms with Crippen molar-refractivity contribution in [3.8, 4) is 11.5 Å². The number of methoxy groups -OCH3 is 1. The van der Waals surface area contributed by atoms with Crippen LogP contribution in [0.4, 0.5) is 0 Å². The molecule has 25 heavy (non-hydrogen) atoms. The number of esters is 1. The van der Waals surface area contributed by atoms with Gasteiger partial charge in [-0.2, -0.15) is 0 Å². The van der Waals surface area contributed by atoms with E-state index in [1.54, 1.807) is 11.3 Å². The van der Waals surface area contributed by atoms with E-state index in [0.717, 1.165) is 44.0 Å². The van der Waals surface area contributed by atoms with E-state index in [0.29, 0.717) is 18.1 Å². The SMILES string of the molecule is COC(=O)c1cc2c(s1)CN(Cc1ccc3c(c1)OCCCO3)CC2. The van der Waals surface area contributed by atoms with E-state index in [9.17, 15) is 4.79 Å². The van der Waals surface area contributed by atoms with E-state index in [1.807, 2.05) is 12.1 Å². The molecule has 0 radical (unpaired) electrons. The number of benzene rings is 1. The average molecular weight is 359 g/mol. The predicted octanol–water partition coefficient (Wildman–Crippen LogP) is 3.25. The van der Waals surface area contributed by atoms with Gasteiger partial charge in [0.25, 0.3) is 0 Å². The summed E-state index contributed by atoms with van der Waals surface area (Å²) in [7, 11) is 1.43. The van der Waals surface area contributed by atoms with Gasteiger partial charge < -0.3 is 14.2 Å². The van der Waals surface area contributed by atoms with Gasteiger partial charge >= 0.3 is 5.97 Å². The maximum absolute atomic E-state index is 11.7. The Morgan fingerprint density at radius 3 is 2.92 bits per heavy atom. The van der Waals surface area contributed by atoms with Crippen LogP contribution >= 0.6 is 11.3 Å². The molecule has 1 aromatic carbocycles. The lowest BCUT2D eigenvalue weighted by Gasteiger charge is -2.26. The summed E-state index contributed by atoms with van der Waals surface area (Å²) in [6.45, 7) is 4.13. The van der Waals surface area contributed by atoms with E-state index in [1.165, 1.54) is 23.1 Å². The average Bonchev–Trinajstić information content (AvgIpc) is 2.91. The number of ether oxygens (including phenoxy) is 3. The lowest BCUT2D eigenvalue weighted by atomic mass is 10.1. The number of hydrogen-bond acceptors (Lipinski definition) is 6. The summed E-state index contributed by atoms with van der Waals surface area (Å²) in [5, 5.41) is 0. The van der Waals surface area contributed by atoms with Crippen LogP contribution in [0, 0.1) is 0 Å². The van der Waals surface area contributed by atoms with Gasteiger partial charge in [0.15, 0.2) is 11.5 Å². The number of nitrogens with zero attached hydrogens (tertiary/aromatic N) is 1. The lowest BCUT2D eigenvalue weighted by Crippen LogP contribution is -2.29. The van der Waals surface area contributed by atoms with Crippen LogP contribution in [0.2, 0.25) is 0 Å². The van der Waals surface area contributed by atoms with Crippen molar-refractivity contribution < 1.29 is 19.0 Å². The van der Waals surface area contributed by atoms with Crippen LogP contribution in [0.1, 0.15) is 32.1 Å². The molecule has 2 aliphatic heterocycles. The Labute approximate surface area is 151 Å². The van der Waals surface area contributed by atoms with E-state index >= 15 is 0 Å². The van der Waals surface area contributed by atoms with Crippen molar-refractivity contribution in [3.63, 3.8) is 0 Å². The first-order chi connectivity index (χ1) is 12.2. The Hall–Kier alpha value is -2.05. The highest BCUT2D eigenvalue weighted by atomic mass is 32.1. The highest BCUT2D eigenvalue weighted by Gasteiger charge is 2.22. The second-order valence-corrected chi connectivity index (χ2v) is 7.48. The van der Waals surface area contributed by atoms with Crippen LogP contribution in [-0.2, 0) is 24.2 Å². The number of rotatable bonds is 3. The van der Waals surface area contributed by atoms with Gasteiger partial charge in [0, 0.05) is 30.9 Å². The molecule has 3 heterocycles. The lowest BCUT2D eigenvalue weighted by molar-refractivity contribution is 0.0606. The molecule has 0 amide bonds. The predicted molar refractivity (Wildman–Crippen MR) is 95.5 cm³/mol. The van der Waals surface area contributed by atoms with Gasteiger partial charge in [-0.3, -0.25) is 4.90 Å². The van der Waals surface area contributed by atoms with E-state index in [-0.39, 0.29) is 5.97 Å². The summed E-state index contributed by atoms with van der Waals surface area (Å²) in [6, 6.07) is 8.18. The normalized spacial score (nSPS) is 16.8. The van der Waals surface area contributed by atoms with Crippen LogP contribution in [-0.4, -0.2) is 37.7 Å². The smallest absolute Gasteiger partial charge is 0.348 e. The fourth-order valence-corrected chi connectivity index (χ4v) is 4.45. The molecule has 6 heteroatoms. The maximum atomic E-state index is 11.7. The number of carbonyl (C=O) groups is 1. The molecule has 0 saturated heterocycles. The van der Waals surface area contributed by atoms with Gasteiger partial charge in [0.05, 0.1) is 20.3 Å². The minimum atomic E-state index is -0.242. The van der Waals surface area contributed by atoms with Gasteiger partial charge in [-0.25, -0.2) is 4.79 Å². The van der Waals surface area contributed by atoms with Crippen LogP contribution in [0.3, 0.4) is 0 Å². The van der Waals surface area contributed by atoms with Crippen molar-refractivity contribution in [2.75, 3.05) is 26.9 Å². The van der Waals surface area contributed by atoms with Crippen LogP contribution in [0.25, 0.3) is 0 Å². The zero-order chi connectivity index (χ0) is 17.2. The fourth-order valence-electron chi connectivity index (χ4n) is 3.27. The first-order valence-electron chi connectivity index (χ1n) is 8.54. The van der Waals surface area contributed by atoms with Gasteiger partial charge in [-0.05, 0) is 35.7 Å². The molecule has 0 N–H and O–H groups in total. The summed E-state index contributed by atoms with van der Waals surface area (Å²) in [6.07, 6.45) is 1.88. The zero-order valence-corrected chi connectivity index (χ0v) is 15.1. The first-order valence-corrected chi connectivity index (χ1v) is 9.35. The Kier molecular flexibility index (Phi) is 4.63. The fraction of sp³-hybridized carbons (Fsp3) is 0.421. The van der Waals surface area contributed by atoms with E-state index in [4.69, 9.17) is 14.2 Å². The zero-order valence-electron chi connectivity index (χ0n) is 14.2. The molecule has 2 aliphatic rings. The third kappa shape index (κ3) is 3.50. The van der Waals surface area contributed by atoms with Crippen LogP contribution < -0.4 is 9.47 Å². The second kappa shape index (κ2) is 7.06.